The van der Waals surface area contributed by atoms with E-state index < -0.39 is 0 Å². The Balaban J connectivity index is 1.79. The first kappa shape index (κ1) is 15.2. The number of hydrogen-bond acceptors (Lipinski definition) is 3. The van der Waals surface area contributed by atoms with E-state index in [1.807, 2.05) is 54.9 Å². The number of carbonyl (C=O) groups excluding carboxylic acids is 1. The van der Waals surface area contributed by atoms with Crippen molar-refractivity contribution < 1.29 is 4.79 Å². The lowest BCUT2D eigenvalue weighted by Crippen LogP contribution is -2.32. The second-order valence-electron chi connectivity index (χ2n) is 5.22. The van der Waals surface area contributed by atoms with Gasteiger partial charge in [0, 0.05) is 11.9 Å². The van der Waals surface area contributed by atoms with Crippen molar-refractivity contribution in [3.8, 4) is 0 Å². The molecule has 3 rings (SSSR count). The first-order chi connectivity index (χ1) is 10.6. The number of aromatic nitrogens is 2. The van der Waals surface area contributed by atoms with E-state index in [0.29, 0.717) is 6.54 Å². The predicted octanol–water partition coefficient (Wildman–Crippen LogP) is 4.08. The van der Waals surface area contributed by atoms with Gasteiger partial charge in [-0.15, -0.1) is 11.3 Å². The molecule has 0 bridgehead atoms. The summed E-state index contributed by atoms with van der Waals surface area (Å²) < 4.78 is 3.01. The summed E-state index contributed by atoms with van der Waals surface area (Å²) in [5.41, 5.74) is 1.89. The Labute approximate surface area is 141 Å². The number of hydrogen-bond donors (Lipinski definition) is 0. The number of carbonyl (C=O) groups is 1. The van der Waals surface area contributed by atoms with Crippen LogP contribution in [0, 0.1) is 0 Å². The zero-order valence-electron chi connectivity index (χ0n) is 12.4. The van der Waals surface area contributed by atoms with E-state index in [1.54, 1.807) is 22.6 Å². The van der Waals surface area contributed by atoms with Gasteiger partial charge in [0.05, 0.1) is 27.7 Å². The van der Waals surface area contributed by atoms with Gasteiger partial charge in [-0.25, -0.2) is 4.98 Å². The summed E-state index contributed by atoms with van der Waals surface area (Å²) in [5.74, 6) is 0.0766. The second-order valence-corrected chi connectivity index (χ2v) is 7.76. The molecule has 114 valence electrons. The molecular weight excluding hydrogens is 362 g/mol. The Kier molecular flexibility index (Phi) is 4.31. The number of rotatable bonds is 4. The molecule has 0 saturated heterocycles. The van der Waals surface area contributed by atoms with Crippen LogP contribution >= 0.6 is 27.3 Å². The van der Waals surface area contributed by atoms with Gasteiger partial charge in [0.15, 0.2) is 0 Å². The third-order valence-corrected chi connectivity index (χ3v) is 5.26. The highest BCUT2D eigenvalue weighted by atomic mass is 79.9. The van der Waals surface area contributed by atoms with Crippen LogP contribution in [-0.2, 0) is 11.3 Å². The topological polar surface area (TPSA) is 38.1 Å². The monoisotopic (exact) mass is 377 g/mol. The fourth-order valence-corrected chi connectivity index (χ4v) is 4.01. The maximum Gasteiger partial charge on any atom is 0.245 e. The highest BCUT2D eigenvalue weighted by molar-refractivity contribution is 9.11. The number of nitrogens with zero attached hydrogens (tertiary/aromatic N) is 3. The molecule has 0 aliphatic carbocycles. The quantitative estimate of drug-likeness (QED) is 0.686. The average Bonchev–Trinajstić information content (AvgIpc) is 3.12. The van der Waals surface area contributed by atoms with Crippen molar-refractivity contribution in [1.29, 1.82) is 0 Å². The second kappa shape index (κ2) is 6.22. The molecule has 1 aromatic carbocycles. The Bertz CT molecular complexity index is 810. The zero-order valence-corrected chi connectivity index (χ0v) is 14.8. The Morgan fingerprint density at radius 1 is 1.36 bits per heavy atom. The van der Waals surface area contributed by atoms with Crippen LogP contribution < -0.4 is 0 Å². The summed E-state index contributed by atoms with van der Waals surface area (Å²) in [5, 5.41) is 0. The van der Waals surface area contributed by atoms with Gasteiger partial charge in [-0.1, -0.05) is 12.1 Å². The Morgan fingerprint density at radius 3 is 2.86 bits per heavy atom. The largest absolute Gasteiger partial charge is 0.339 e. The van der Waals surface area contributed by atoms with Crippen molar-refractivity contribution >= 4 is 44.2 Å². The van der Waals surface area contributed by atoms with Crippen LogP contribution in [0.5, 0.6) is 0 Å². The molecule has 0 fully saturated rings. The lowest BCUT2D eigenvalue weighted by atomic mass is 10.2. The minimum absolute atomic E-state index is 0.0766. The number of amides is 1. The molecule has 2 heterocycles. The van der Waals surface area contributed by atoms with Gasteiger partial charge >= 0.3 is 0 Å². The third kappa shape index (κ3) is 2.94. The summed E-state index contributed by atoms with van der Waals surface area (Å²) in [4.78, 5) is 19.9. The first-order valence-corrected chi connectivity index (χ1v) is 8.58. The maximum atomic E-state index is 12.7. The van der Waals surface area contributed by atoms with E-state index in [2.05, 4.69) is 20.9 Å². The van der Waals surface area contributed by atoms with Gasteiger partial charge in [0.25, 0.3) is 0 Å². The predicted molar refractivity (Wildman–Crippen MR) is 92.9 cm³/mol. The van der Waals surface area contributed by atoms with E-state index >= 15 is 0 Å². The number of thiophene rings is 1. The lowest BCUT2D eigenvalue weighted by Gasteiger charge is -2.22. The van der Waals surface area contributed by atoms with Crippen molar-refractivity contribution in [2.45, 2.75) is 19.5 Å². The third-order valence-electron chi connectivity index (χ3n) is 3.65. The standard InChI is InChI=1S/C16H16BrN3OS/c1-11(20-10-18-13-5-3-4-6-14(13)20)16(21)19(2)9-12-7-8-15(17)22-12/h3-8,10-11H,9H2,1-2H3/t11-/m1/s1. The average molecular weight is 378 g/mol. The summed E-state index contributed by atoms with van der Waals surface area (Å²) in [6, 6.07) is 11.6. The molecule has 0 aliphatic rings. The molecule has 4 nitrogen and oxygen atoms in total. The van der Waals surface area contributed by atoms with Gasteiger partial charge in [0.1, 0.15) is 6.04 Å². The molecule has 6 heteroatoms. The fraction of sp³-hybridized carbons (Fsp3) is 0.250. The lowest BCUT2D eigenvalue weighted by molar-refractivity contribution is -0.133. The minimum Gasteiger partial charge on any atom is -0.339 e. The van der Waals surface area contributed by atoms with Crippen molar-refractivity contribution in [3.05, 3.63) is 51.4 Å². The van der Waals surface area contributed by atoms with Crippen molar-refractivity contribution in [3.63, 3.8) is 0 Å². The van der Waals surface area contributed by atoms with Crippen LogP contribution in [-0.4, -0.2) is 27.4 Å². The number of imidazole rings is 1. The summed E-state index contributed by atoms with van der Waals surface area (Å²) in [7, 11) is 1.84. The molecule has 0 unspecified atom stereocenters. The van der Waals surface area contributed by atoms with Gasteiger partial charge in [-0.2, -0.15) is 0 Å². The number of fused-ring (bicyclic) bond motifs is 1. The SMILES string of the molecule is C[C@H](C(=O)N(C)Cc1ccc(Br)s1)n1cnc2ccccc21. The van der Waals surface area contributed by atoms with E-state index in [0.717, 1.165) is 19.7 Å². The van der Waals surface area contributed by atoms with Gasteiger partial charge in [0.2, 0.25) is 5.91 Å². The molecular formula is C16H16BrN3OS. The number of para-hydroxylation sites is 2. The highest BCUT2D eigenvalue weighted by Gasteiger charge is 2.21. The normalized spacial score (nSPS) is 12.5. The number of likely N-dealkylation sites (N-methyl/N-ethyl adjacent to an activating group) is 1. The van der Waals surface area contributed by atoms with Gasteiger partial charge < -0.3 is 9.47 Å². The number of benzene rings is 1. The zero-order chi connectivity index (χ0) is 15.7. The number of halogens is 1. The molecule has 2 aromatic heterocycles. The molecule has 0 aliphatic heterocycles. The molecule has 0 radical (unpaired) electrons. The van der Waals surface area contributed by atoms with Crippen molar-refractivity contribution in [1.82, 2.24) is 14.5 Å². The summed E-state index contributed by atoms with van der Waals surface area (Å²) in [6.45, 7) is 2.53. The van der Waals surface area contributed by atoms with Crippen LogP contribution in [0.15, 0.2) is 46.5 Å². The van der Waals surface area contributed by atoms with Crippen LogP contribution in [0.3, 0.4) is 0 Å². The van der Waals surface area contributed by atoms with Crippen LogP contribution in [0.2, 0.25) is 0 Å². The van der Waals surface area contributed by atoms with Gasteiger partial charge in [-0.3, -0.25) is 4.79 Å². The van der Waals surface area contributed by atoms with Crippen molar-refractivity contribution in [2.75, 3.05) is 7.05 Å². The molecule has 0 spiro atoms. The Morgan fingerprint density at radius 2 is 2.14 bits per heavy atom. The van der Waals surface area contributed by atoms with E-state index in [9.17, 15) is 4.79 Å². The smallest absolute Gasteiger partial charge is 0.245 e. The highest BCUT2D eigenvalue weighted by Crippen LogP contribution is 2.24. The maximum absolute atomic E-state index is 12.7. The molecule has 0 N–H and O–H groups in total. The summed E-state index contributed by atoms with van der Waals surface area (Å²) in [6.07, 6.45) is 1.74. The van der Waals surface area contributed by atoms with E-state index in [4.69, 9.17) is 0 Å². The molecule has 1 atom stereocenters. The Hall–Kier alpha value is -1.66. The first-order valence-electron chi connectivity index (χ1n) is 6.97. The van der Waals surface area contributed by atoms with Crippen LogP contribution in [0.1, 0.15) is 17.8 Å². The molecule has 22 heavy (non-hydrogen) atoms. The summed E-state index contributed by atoms with van der Waals surface area (Å²) >= 11 is 5.10. The fourth-order valence-electron chi connectivity index (χ4n) is 2.47. The minimum atomic E-state index is -0.277. The van der Waals surface area contributed by atoms with E-state index in [1.165, 1.54) is 0 Å². The van der Waals surface area contributed by atoms with Crippen molar-refractivity contribution in [2.24, 2.45) is 0 Å². The van der Waals surface area contributed by atoms with Crippen LogP contribution in [0.25, 0.3) is 11.0 Å². The van der Waals surface area contributed by atoms with Crippen LogP contribution in [0.4, 0.5) is 0 Å². The van der Waals surface area contributed by atoms with E-state index in [-0.39, 0.29) is 11.9 Å². The molecule has 3 aromatic rings. The molecule has 0 saturated carbocycles. The van der Waals surface area contributed by atoms with Gasteiger partial charge in [-0.05, 0) is 47.1 Å². The molecule has 1 amide bonds.